The molecule has 0 saturated carbocycles. The lowest BCUT2D eigenvalue weighted by atomic mass is 10.1. The lowest BCUT2D eigenvalue weighted by molar-refractivity contribution is 0.281. The van der Waals surface area contributed by atoms with Crippen molar-refractivity contribution in [3.63, 3.8) is 0 Å². The van der Waals surface area contributed by atoms with Crippen LogP contribution in [0.5, 0.6) is 0 Å². The van der Waals surface area contributed by atoms with E-state index in [1.165, 1.54) is 0 Å². The minimum atomic E-state index is 0.0581. The van der Waals surface area contributed by atoms with Gasteiger partial charge in [-0.05, 0) is 25.5 Å². The van der Waals surface area contributed by atoms with E-state index in [9.17, 15) is 5.11 Å². The second kappa shape index (κ2) is 6.13. The Kier molecular flexibility index (Phi) is 5.12. The fraction of sp³-hybridized carbons (Fsp3) is 0.500. The molecule has 1 atom stereocenters. The van der Waals surface area contributed by atoms with Crippen molar-refractivity contribution in [1.29, 1.82) is 0 Å². The van der Waals surface area contributed by atoms with Gasteiger partial charge in [0.25, 0.3) is 0 Å². The number of halogens is 1. The summed E-state index contributed by atoms with van der Waals surface area (Å²) in [6.45, 7) is 4.39. The maximum atomic E-state index is 9.27. The maximum Gasteiger partial charge on any atom is 0.0713 e. The second-order valence-electron chi connectivity index (χ2n) is 3.76. The fourth-order valence-electron chi connectivity index (χ4n) is 1.63. The summed E-state index contributed by atoms with van der Waals surface area (Å²) in [5.41, 5.74) is 1.95. The monoisotopic (exact) mass is 271 g/mol. The van der Waals surface area contributed by atoms with Crippen molar-refractivity contribution in [2.45, 2.75) is 39.3 Å². The quantitative estimate of drug-likeness (QED) is 0.859. The predicted molar refractivity (Wildman–Crippen MR) is 68.1 cm³/mol. The molecule has 0 aromatic heterocycles. The third kappa shape index (κ3) is 3.50. The summed E-state index contributed by atoms with van der Waals surface area (Å²) in [6.07, 6.45) is 2.30. The molecule has 0 aliphatic heterocycles. The number of rotatable bonds is 5. The Morgan fingerprint density at radius 1 is 1.47 bits per heavy atom. The highest BCUT2D eigenvalue weighted by molar-refractivity contribution is 9.10. The van der Waals surface area contributed by atoms with Crippen LogP contribution in [0.1, 0.15) is 32.3 Å². The van der Waals surface area contributed by atoms with Crippen molar-refractivity contribution in [1.82, 2.24) is 0 Å². The van der Waals surface area contributed by atoms with Gasteiger partial charge in [0.15, 0.2) is 0 Å². The average Bonchev–Trinajstić information content (AvgIpc) is 2.18. The molecule has 0 aliphatic rings. The van der Waals surface area contributed by atoms with E-state index in [2.05, 4.69) is 35.1 Å². The molecule has 0 saturated heterocycles. The van der Waals surface area contributed by atoms with Gasteiger partial charge in [0, 0.05) is 21.8 Å². The number of benzene rings is 1. The molecule has 0 bridgehead atoms. The van der Waals surface area contributed by atoms with Crippen LogP contribution in [0.15, 0.2) is 22.7 Å². The Morgan fingerprint density at radius 3 is 2.80 bits per heavy atom. The third-order valence-corrected chi connectivity index (χ3v) is 3.14. The number of aliphatic hydroxyl groups excluding tert-OH is 1. The van der Waals surface area contributed by atoms with Crippen molar-refractivity contribution in [2.24, 2.45) is 0 Å². The summed E-state index contributed by atoms with van der Waals surface area (Å²) in [5, 5.41) is 12.7. The van der Waals surface area contributed by atoms with Crippen LogP contribution in [0.4, 0.5) is 5.69 Å². The van der Waals surface area contributed by atoms with Crippen molar-refractivity contribution in [3.05, 3.63) is 28.2 Å². The molecule has 3 heteroatoms. The normalized spacial score (nSPS) is 12.5. The molecule has 0 fully saturated rings. The summed E-state index contributed by atoms with van der Waals surface area (Å²) >= 11 is 3.44. The largest absolute Gasteiger partial charge is 0.392 e. The Labute approximate surface area is 99.8 Å². The molecule has 0 amide bonds. The highest BCUT2D eigenvalue weighted by Gasteiger charge is 2.07. The van der Waals surface area contributed by atoms with Gasteiger partial charge in [-0.25, -0.2) is 0 Å². The van der Waals surface area contributed by atoms with Crippen molar-refractivity contribution in [2.75, 3.05) is 5.32 Å². The molecule has 15 heavy (non-hydrogen) atoms. The zero-order chi connectivity index (χ0) is 11.3. The highest BCUT2D eigenvalue weighted by Crippen LogP contribution is 2.25. The Morgan fingerprint density at radius 2 is 2.20 bits per heavy atom. The molecule has 1 unspecified atom stereocenters. The smallest absolute Gasteiger partial charge is 0.0713 e. The van der Waals surface area contributed by atoms with E-state index in [0.29, 0.717) is 6.04 Å². The lowest BCUT2D eigenvalue weighted by Gasteiger charge is -2.17. The van der Waals surface area contributed by atoms with Crippen molar-refractivity contribution >= 4 is 21.6 Å². The average molecular weight is 272 g/mol. The molecule has 84 valence electrons. The number of aliphatic hydroxyl groups is 1. The van der Waals surface area contributed by atoms with Crippen molar-refractivity contribution < 1.29 is 5.11 Å². The SMILES string of the molecule is CCCC(C)Nc1cccc(Br)c1CO. The van der Waals surface area contributed by atoms with Crippen LogP contribution in [0.3, 0.4) is 0 Å². The van der Waals surface area contributed by atoms with Gasteiger partial charge in [0.2, 0.25) is 0 Å². The fourth-order valence-corrected chi connectivity index (χ4v) is 2.12. The molecule has 2 N–H and O–H groups in total. The van der Waals surface area contributed by atoms with Crippen LogP contribution in [0, 0.1) is 0 Å². The molecular weight excluding hydrogens is 254 g/mol. The van der Waals surface area contributed by atoms with Crippen LogP contribution in [0.25, 0.3) is 0 Å². The number of hydrogen-bond acceptors (Lipinski definition) is 2. The minimum absolute atomic E-state index is 0.0581. The van der Waals surface area contributed by atoms with E-state index in [1.807, 2.05) is 18.2 Å². The first-order valence-corrected chi connectivity index (χ1v) is 6.13. The molecule has 1 aromatic carbocycles. The molecular formula is C12H18BrNO. The summed E-state index contributed by atoms with van der Waals surface area (Å²) < 4.78 is 0.957. The van der Waals surface area contributed by atoms with Gasteiger partial charge in [0.1, 0.15) is 0 Å². The van der Waals surface area contributed by atoms with E-state index >= 15 is 0 Å². The Balaban J connectivity index is 2.80. The van der Waals surface area contributed by atoms with Gasteiger partial charge in [-0.2, -0.15) is 0 Å². The molecule has 1 rings (SSSR count). The van der Waals surface area contributed by atoms with Gasteiger partial charge in [-0.3, -0.25) is 0 Å². The second-order valence-corrected chi connectivity index (χ2v) is 4.61. The molecule has 0 radical (unpaired) electrons. The first-order valence-electron chi connectivity index (χ1n) is 5.33. The van der Waals surface area contributed by atoms with E-state index in [4.69, 9.17) is 0 Å². The molecule has 0 heterocycles. The van der Waals surface area contributed by atoms with E-state index in [-0.39, 0.29) is 6.61 Å². The van der Waals surface area contributed by atoms with Crippen LogP contribution in [0.2, 0.25) is 0 Å². The van der Waals surface area contributed by atoms with Gasteiger partial charge in [0.05, 0.1) is 6.61 Å². The van der Waals surface area contributed by atoms with Gasteiger partial charge >= 0.3 is 0 Å². The Bertz CT molecular complexity index is 314. The third-order valence-electron chi connectivity index (χ3n) is 2.40. The topological polar surface area (TPSA) is 32.3 Å². The predicted octanol–water partition coefficient (Wildman–Crippen LogP) is 3.54. The standard InChI is InChI=1S/C12H18BrNO/c1-3-5-9(2)14-12-7-4-6-11(13)10(12)8-15/h4,6-7,9,14-15H,3,5,8H2,1-2H3. The first-order chi connectivity index (χ1) is 7.19. The minimum Gasteiger partial charge on any atom is -0.392 e. The molecule has 0 spiro atoms. The van der Waals surface area contributed by atoms with Crippen LogP contribution >= 0.6 is 15.9 Å². The van der Waals surface area contributed by atoms with E-state index in [1.54, 1.807) is 0 Å². The Hall–Kier alpha value is -0.540. The summed E-state index contributed by atoms with van der Waals surface area (Å²) in [6, 6.07) is 6.36. The summed E-state index contributed by atoms with van der Waals surface area (Å²) in [7, 11) is 0. The van der Waals surface area contributed by atoms with Crippen LogP contribution in [-0.2, 0) is 6.61 Å². The van der Waals surface area contributed by atoms with Gasteiger partial charge in [-0.1, -0.05) is 35.3 Å². The summed E-state index contributed by atoms with van der Waals surface area (Å²) in [5.74, 6) is 0. The highest BCUT2D eigenvalue weighted by atomic mass is 79.9. The molecule has 1 aromatic rings. The van der Waals surface area contributed by atoms with Crippen molar-refractivity contribution in [3.8, 4) is 0 Å². The zero-order valence-corrected chi connectivity index (χ0v) is 10.8. The van der Waals surface area contributed by atoms with Gasteiger partial charge < -0.3 is 10.4 Å². The first kappa shape index (κ1) is 12.5. The zero-order valence-electron chi connectivity index (χ0n) is 9.26. The van der Waals surface area contributed by atoms with E-state index in [0.717, 1.165) is 28.6 Å². The van der Waals surface area contributed by atoms with Crippen LogP contribution < -0.4 is 5.32 Å². The van der Waals surface area contributed by atoms with Gasteiger partial charge in [-0.15, -0.1) is 0 Å². The lowest BCUT2D eigenvalue weighted by Crippen LogP contribution is -2.15. The molecule has 2 nitrogen and oxygen atoms in total. The maximum absolute atomic E-state index is 9.27. The summed E-state index contributed by atoms with van der Waals surface area (Å²) in [4.78, 5) is 0. The number of anilines is 1. The number of hydrogen-bond donors (Lipinski definition) is 2. The molecule has 0 aliphatic carbocycles. The van der Waals surface area contributed by atoms with Crippen LogP contribution in [-0.4, -0.2) is 11.1 Å². The van der Waals surface area contributed by atoms with E-state index < -0.39 is 0 Å². The number of nitrogens with one attached hydrogen (secondary N) is 1.